The Balaban J connectivity index is 1.84. The molecule has 0 bridgehead atoms. The van der Waals surface area contributed by atoms with Gasteiger partial charge in [-0.3, -0.25) is 14.4 Å². The standard InChI is InChI=1S/C20H17N3O5/c1-27-14(25)9-23-12-7-4-8-13(24)15(12)20(18(23)26)11-6-3-2-5-10(11)16-17(20)22-19(21)28-16/h2-3,5-6H,4,7-9H2,1H3,(H2,21,22)/t20-/m1/s1. The van der Waals surface area contributed by atoms with Gasteiger partial charge in [-0.1, -0.05) is 24.3 Å². The first-order valence-corrected chi connectivity index (χ1v) is 9.02. The molecule has 1 aromatic heterocycles. The fourth-order valence-corrected chi connectivity index (χ4v) is 4.69. The van der Waals surface area contributed by atoms with Gasteiger partial charge in [0.1, 0.15) is 12.2 Å². The first-order chi connectivity index (χ1) is 13.5. The number of carbonyl (C=O) groups is 3. The summed E-state index contributed by atoms with van der Waals surface area (Å²) in [5, 5.41) is 0. The van der Waals surface area contributed by atoms with Crippen molar-refractivity contribution in [1.29, 1.82) is 0 Å². The second-order valence-corrected chi connectivity index (χ2v) is 7.09. The number of rotatable bonds is 2. The molecule has 2 heterocycles. The number of allylic oxidation sites excluding steroid dienone is 1. The molecule has 1 atom stereocenters. The van der Waals surface area contributed by atoms with Crippen LogP contribution in [0.1, 0.15) is 30.5 Å². The van der Waals surface area contributed by atoms with E-state index in [1.54, 1.807) is 12.1 Å². The first-order valence-electron chi connectivity index (χ1n) is 9.02. The number of amides is 1. The molecule has 2 N–H and O–H groups in total. The molecular weight excluding hydrogens is 362 g/mol. The van der Waals surface area contributed by atoms with Gasteiger partial charge in [-0.05, 0) is 18.4 Å². The number of hydrogen-bond donors (Lipinski definition) is 1. The number of benzene rings is 1. The van der Waals surface area contributed by atoms with Gasteiger partial charge in [0.15, 0.2) is 17.0 Å². The molecule has 5 rings (SSSR count). The molecule has 0 saturated heterocycles. The number of hydrogen-bond acceptors (Lipinski definition) is 7. The van der Waals surface area contributed by atoms with Crippen molar-refractivity contribution < 1.29 is 23.5 Å². The second-order valence-electron chi connectivity index (χ2n) is 7.09. The number of fused-ring (bicyclic) bond motifs is 6. The van der Waals surface area contributed by atoms with Gasteiger partial charge in [-0.25, -0.2) is 0 Å². The Morgan fingerprint density at radius 1 is 1.32 bits per heavy atom. The number of carbonyl (C=O) groups excluding carboxylic acids is 3. The van der Waals surface area contributed by atoms with E-state index < -0.39 is 17.3 Å². The van der Waals surface area contributed by atoms with E-state index in [-0.39, 0.29) is 18.3 Å². The molecule has 0 unspecified atom stereocenters. The van der Waals surface area contributed by atoms with Gasteiger partial charge in [0.2, 0.25) is 5.91 Å². The van der Waals surface area contributed by atoms with Crippen LogP contribution in [0, 0.1) is 0 Å². The van der Waals surface area contributed by atoms with Crippen LogP contribution in [0.5, 0.6) is 0 Å². The summed E-state index contributed by atoms with van der Waals surface area (Å²) in [7, 11) is 1.27. The number of esters is 1. The number of anilines is 1. The van der Waals surface area contributed by atoms with Crippen LogP contribution >= 0.6 is 0 Å². The van der Waals surface area contributed by atoms with Gasteiger partial charge >= 0.3 is 5.97 Å². The third-order valence-electron chi connectivity index (χ3n) is 5.74. The van der Waals surface area contributed by atoms with Crippen LogP contribution in [-0.2, 0) is 24.5 Å². The predicted molar refractivity (Wildman–Crippen MR) is 96.7 cm³/mol. The molecule has 0 saturated carbocycles. The highest BCUT2D eigenvalue weighted by Crippen LogP contribution is 2.59. The van der Waals surface area contributed by atoms with E-state index in [4.69, 9.17) is 14.9 Å². The number of ketones is 1. The monoisotopic (exact) mass is 379 g/mol. The highest BCUT2D eigenvalue weighted by Gasteiger charge is 2.64. The molecule has 8 heteroatoms. The summed E-state index contributed by atoms with van der Waals surface area (Å²) in [4.78, 5) is 44.6. The third-order valence-corrected chi connectivity index (χ3v) is 5.74. The Morgan fingerprint density at radius 3 is 2.89 bits per heavy atom. The van der Waals surface area contributed by atoms with Gasteiger partial charge < -0.3 is 19.8 Å². The molecule has 28 heavy (non-hydrogen) atoms. The Labute approximate surface area is 160 Å². The summed E-state index contributed by atoms with van der Waals surface area (Å²) in [6.07, 6.45) is 1.48. The Hall–Kier alpha value is -3.42. The van der Waals surface area contributed by atoms with Crippen molar-refractivity contribution in [3.63, 3.8) is 0 Å². The van der Waals surface area contributed by atoms with Crippen LogP contribution in [-0.4, -0.2) is 41.2 Å². The van der Waals surface area contributed by atoms with E-state index in [1.807, 2.05) is 12.1 Å². The van der Waals surface area contributed by atoms with E-state index in [2.05, 4.69) is 4.98 Å². The van der Waals surface area contributed by atoms with Crippen LogP contribution in [0.15, 0.2) is 40.0 Å². The molecule has 1 spiro atoms. The van der Waals surface area contributed by atoms with Crippen molar-refractivity contribution in [2.75, 3.05) is 19.4 Å². The predicted octanol–water partition coefficient (Wildman–Crippen LogP) is 1.55. The Bertz CT molecular complexity index is 1100. The summed E-state index contributed by atoms with van der Waals surface area (Å²) in [6, 6.07) is 7.18. The molecule has 3 aliphatic rings. The maximum absolute atomic E-state index is 13.8. The maximum atomic E-state index is 13.8. The van der Waals surface area contributed by atoms with Crippen LogP contribution in [0.25, 0.3) is 11.3 Å². The van der Waals surface area contributed by atoms with E-state index in [0.29, 0.717) is 53.1 Å². The summed E-state index contributed by atoms with van der Waals surface area (Å²) in [5.74, 6) is -0.670. The Morgan fingerprint density at radius 2 is 2.11 bits per heavy atom. The van der Waals surface area contributed by atoms with E-state index in [1.165, 1.54) is 12.0 Å². The van der Waals surface area contributed by atoms with E-state index >= 15 is 0 Å². The highest BCUT2D eigenvalue weighted by atomic mass is 16.5. The zero-order valence-electron chi connectivity index (χ0n) is 15.2. The fourth-order valence-electron chi connectivity index (χ4n) is 4.69. The normalized spacial score (nSPS) is 22.5. The quantitative estimate of drug-likeness (QED) is 0.787. The number of Topliss-reactive ketones (excluding diaryl/α,β-unsaturated/α-hetero) is 1. The van der Waals surface area contributed by atoms with Gasteiger partial charge in [-0.2, -0.15) is 4.98 Å². The molecule has 2 aliphatic carbocycles. The minimum atomic E-state index is -1.42. The average Bonchev–Trinajstić information content (AvgIpc) is 3.28. The van der Waals surface area contributed by atoms with Crippen molar-refractivity contribution in [1.82, 2.24) is 9.88 Å². The summed E-state index contributed by atoms with van der Waals surface area (Å²) < 4.78 is 10.4. The topological polar surface area (TPSA) is 116 Å². The molecule has 1 amide bonds. The van der Waals surface area contributed by atoms with Gasteiger partial charge in [0, 0.05) is 23.3 Å². The van der Waals surface area contributed by atoms with E-state index in [0.717, 1.165) is 0 Å². The summed E-state index contributed by atoms with van der Waals surface area (Å²) in [5.41, 5.74) is 6.97. The van der Waals surface area contributed by atoms with Crippen molar-refractivity contribution >= 4 is 23.7 Å². The fraction of sp³-hybridized carbons (Fsp3) is 0.300. The minimum Gasteiger partial charge on any atom is -0.468 e. The molecule has 1 aliphatic heterocycles. The molecule has 0 radical (unpaired) electrons. The molecule has 0 fully saturated rings. The van der Waals surface area contributed by atoms with Gasteiger partial charge in [-0.15, -0.1) is 0 Å². The largest absolute Gasteiger partial charge is 0.468 e. The lowest BCUT2D eigenvalue weighted by molar-refractivity contribution is -0.146. The number of methoxy groups -OCH3 is 1. The van der Waals surface area contributed by atoms with Crippen molar-refractivity contribution in [2.45, 2.75) is 24.7 Å². The molecular formula is C20H17N3O5. The average molecular weight is 379 g/mol. The highest BCUT2D eigenvalue weighted by molar-refractivity contribution is 6.17. The Kier molecular flexibility index (Phi) is 3.31. The minimum absolute atomic E-state index is 0.0662. The third kappa shape index (κ3) is 1.84. The van der Waals surface area contributed by atoms with Gasteiger partial charge in [0.05, 0.1) is 7.11 Å². The van der Waals surface area contributed by atoms with E-state index in [9.17, 15) is 14.4 Å². The summed E-state index contributed by atoms with van der Waals surface area (Å²) in [6.45, 7) is -0.256. The van der Waals surface area contributed by atoms with Gasteiger partial charge in [0.25, 0.3) is 6.01 Å². The molecule has 1 aromatic carbocycles. The van der Waals surface area contributed by atoms with Crippen molar-refractivity contribution in [2.24, 2.45) is 0 Å². The molecule has 8 nitrogen and oxygen atoms in total. The SMILES string of the molecule is COC(=O)CN1C(=O)[C@@]2(C3=C1CCCC3=O)c1ccccc1-c1oc(N)nc12. The smallest absolute Gasteiger partial charge is 0.325 e. The van der Waals surface area contributed by atoms with Crippen LogP contribution in [0.4, 0.5) is 6.01 Å². The number of nitrogens with zero attached hydrogens (tertiary/aromatic N) is 2. The summed E-state index contributed by atoms with van der Waals surface area (Å²) >= 11 is 0. The lowest BCUT2D eigenvalue weighted by Crippen LogP contribution is -2.43. The van der Waals surface area contributed by atoms with Crippen LogP contribution in [0.3, 0.4) is 0 Å². The van der Waals surface area contributed by atoms with Crippen LogP contribution < -0.4 is 5.73 Å². The van der Waals surface area contributed by atoms with Crippen LogP contribution in [0.2, 0.25) is 0 Å². The zero-order valence-corrected chi connectivity index (χ0v) is 15.2. The lowest BCUT2D eigenvalue weighted by Gasteiger charge is -2.26. The van der Waals surface area contributed by atoms with Crippen molar-refractivity contribution in [3.8, 4) is 11.3 Å². The number of nitrogens with two attached hydrogens (primary N) is 1. The molecule has 2 aromatic rings. The number of oxazole rings is 1. The molecule has 142 valence electrons. The first kappa shape index (κ1) is 16.7. The van der Waals surface area contributed by atoms with Crippen molar-refractivity contribution in [3.05, 3.63) is 46.8 Å². The second kappa shape index (κ2) is 5.54. The maximum Gasteiger partial charge on any atom is 0.325 e. The lowest BCUT2D eigenvalue weighted by atomic mass is 9.71. The number of nitrogen functional groups attached to an aromatic ring is 1. The number of aromatic nitrogens is 1. The zero-order chi connectivity index (χ0) is 19.6. The number of ether oxygens (including phenoxy) is 1.